The minimum absolute atomic E-state index is 0.452. The molecule has 1 fully saturated rings. The number of guanidine groups is 1. The van der Waals surface area contributed by atoms with Gasteiger partial charge in [-0.15, -0.1) is 0 Å². The van der Waals surface area contributed by atoms with Crippen LogP contribution in [0.5, 0.6) is 0 Å². The molecule has 0 radical (unpaired) electrons. The molecule has 1 aromatic rings. The van der Waals surface area contributed by atoms with Crippen molar-refractivity contribution in [2.45, 2.75) is 52.9 Å². The van der Waals surface area contributed by atoms with Crippen molar-refractivity contribution >= 4 is 5.96 Å². The van der Waals surface area contributed by atoms with Crippen LogP contribution in [-0.2, 0) is 13.1 Å². The van der Waals surface area contributed by atoms with Gasteiger partial charge in [-0.3, -0.25) is 9.89 Å². The molecule has 0 amide bonds. The summed E-state index contributed by atoms with van der Waals surface area (Å²) in [6.45, 7) is 14.1. The monoisotopic (exact) mass is 359 g/mol. The van der Waals surface area contributed by atoms with Gasteiger partial charge in [0, 0.05) is 45.3 Å². The van der Waals surface area contributed by atoms with Crippen LogP contribution < -0.4 is 10.6 Å². The molecule has 26 heavy (non-hydrogen) atoms. The topological polar surface area (TPSA) is 42.9 Å². The van der Waals surface area contributed by atoms with Crippen molar-refractivity contribution in [3.05, 3.63) is 35.4 Å². The van der Waals surface area contributed by atoms with Crippen LogP contribution in [0.4, 0.5) is 0 Å². The van der Waals surface area contributed by atoms with Crippen LogP contribution in [0.2, 0.25) is 0 Å². The molecular weight excluding hydrogens is 322 g/mol. The second kappa shape index (κ2) is 9.93. The van der Waals surface area contributed by atoms with E-state index >= 15 is 0 Å². The van der Waals surface area contributed by atoms with Gasteiger partial charge in [0.1, 0.15) is 0 Å². The van der Waals surface area contributed by atoms with Gasteiger partial charge in [0.05, 0.1) is 0 Å². The Kier molecular flexibility index (Phi) is 7.91. The van der Waals surface area contributed by atoms with Crippen LogP contribution in [0, 0.1) is 5.92 Å². The Balaban J connectivity index is 1.88. The van der Waals surface area contributed by atoms with Crippen molar-refractivity contribution < 1.29 is 0 Å². The van der Waals surface area contributed by atoms with Gasteiger partial charge in [0.2, 0.25) is 0 Å². The molecule has 0 bridgehead atoms. The van der Waals surface area contributed by atoms with E-state index in [1.165, 1.54) is 11.1 Å². The molecule has 2 atom stereocenters. The summed E-state index contributed by atoms with van der Waals surface area (Å²) in [5.41, 5.74) is 2.65. The average molecular weight is 360 g/mol. The molecule has 0 aliphatic carbocycles. The lowest BCUT2D eigenvalue weighted by Crippen LogP contribution is -2.46. The second-order valence-electron chi connectivity index (χ2n) is 7.85. The molecule has 0 saturated carbocycles. The lowest BCUT2D eigenvalue weighted by molar-refractivity contribution is 0.265. The standard InChI is InChI=1S/C21H37N5/c1-7-25(6)14-19-10-8-9-18(11-19)12-23-21(22-5)24-20-15-26(16(2)3)13-17(20)4/h8-11,16-17,20H,7,12-15H2,1-6H3,(H2,22,23,24). The number of rotatable bonds is 7. The maximum Gasteiger partial charge on any atom is 0.191 e. The number of nitrogens with one attached hydrogen (secondary N) is 2. The Morgan fingerprint density at radius 1 is 1.31 bits per heavy atom. The summed E-state index contributed by atoms with van der Waals surface area (Å²) in [6.07, 6.45) is 0. The highest BCUT2D eigenvalue weighted by Crippen LogP contribution is 2.18. The van der Waals surface area contributed by atoms with E-state index in [9.17, 15) is 0 Å². The second-order valence-corrected chi connectivity index (χ2v) is 7.85. The average Bonchev–Trinajstić information content (AvgIpc) is 2.99. The fraction of sp³-hybridized carbons (Fsp3) is 0.667. The summed E-state index contributed by atoms with van der Waals surface area (Å²) in [4.78, 5) is 9.27. The van der Waals surface area contributed by atoms with E-state index in [0.717, 1.165) is 38.7 Å². The lowest BCUT2D eigenvalue weighted by Gasteiger charge is -2.22. The first-order valence-electron chi connectivity index (χ1n) is 9.90. The zero-order valence-corrected chi connectivity index (χ0v) is 17.4. The number of hydrogen-bond donors (Lipinski definition) is 2. The van der Waals surface area contributed by atoms with Crippen molar-refractivity contribution in [2.75, 3.05) is 33.7 Å². The minimum Gasteiger partial charge on any atom is -0.352 e. The molecular formula is C21H37N5. The molecule has 0 spiro atoms. The van der Waals surface area contributed by atoms with Crippen LogP contribution in [0.25, 0.3) is 0 Å². The first-order valence-corrected chi connectivity index (χ1v) is 9.90. The van der Waals surface area contributed by atoms with E-state index in [1.807, 2.05) is 7.05 Å². The summed E-state index contributed by atoms with van der Waals surface area (Å²) in [6, 6.07) is 9.85. The maximum atomic E-state index is 4.42. The van der Waals surface area contributed by atoms with Gasteiger partial charge < -0.3 is 15.5 Å². The predicted octanol–water partition coefficient (Wildman–Crippen LogP) is 2.53. The minimum atomic E-state index is 0.452. The van der Waals surface area contributed by atoms with Crippen LogP contribution in [0.1, 0.15) is 38.8 Å². The molecule has 1 aromatic carbocycles. The van der Waals surface area contributed by atoms with Crippen LogP contribution in [-0.4, -0.2) is 61.6 Å². The number of hydrogen-bond acceptors (Lipinski definition) is 3. The highest BCUT2D eigenvalue weighted by molar-refractivity contribution is 5.80. The summed E-state index contributed by atoms with van der Waals surface area (Å²) >= 11 is 0. The SMILES string of the molecule is CCN(C)Cc1cccc(CNC(=NC)NC2CN(C(C)C)CC2C)c1. The predicted molar refractivity (Wildman–Crippen MR) is 111 cm³/mol. The van der Waals surface area contributed by atoms with Crippen molar-refractivity contribution in [3.8, 4) is 0 Å². The molecule has 1 heterocycles. The first-order chi connectivity index (χ1) is 12.4. The van der Waals surface area contributed by atoms with E-state index in [-0.39, 0.29) is 0 Å². The number of benzene rings is 1. The fourth-order valence-electron chi connectivity index (χ4n) is 3.43. The first kappa shape index (κ1) is 20.7. The molecule has 1 saturated heterocycles. The smallest absolute Gasteiger partial charge is 0.191 e. The number of aliphatic imine (C=N–C) groups is 1. The van der Waals surface area contributed by atoms with Crippen LogP contribution in [0.3, 0.4) is 0 Å². The van der Waals surface area contributed by atoms with E-state index in [2.05, 4.69) is 84.4 Å². The van der Waals surface area contributed by atoms with Gasteiger partial charge >= 0.3 is 0 Å². The third kappa shape index (κ3) is 5.99. The Bertz CT molecular complexity index is 584. The molecule has 1 aliphatic heterocycles. The highest BCUT2D eigenvalue weighted by Gasteiger charge is 2.31. The largest absolute Gasteiger partial charge is 0.352 e. The number of nitrogens with zero attached hydrogens (tertiary/aromatic N) is 3. The van der Waals surface area contributed by atoms with Crippen molar-refractivity contribution in [3.63, 3.8) is 0 Å². The Morgan fingerprint density at radius 2 is 2.04 bits per heavy atom. The molecule has 146 valence electrons. The Hall–Kier alpha value is -1.59. The quantitative estimate of drug-likeness (QED) is 0.580. The van der Waals surface area contributed by atoms with Crippen molar-refractivity contribution in [1.29, 1.82) is 0 Å². The lowest BCUT2D eigenvalue weighted by atomic mass is 10.1. The fourth-order valence-corrected chi connectivity index (χ4v) is 3.43. The van der Waals surface area contributed by atoms with Crippen molar-refractivity contribution in [1.82, 2.24) is 20.4 Å². The third-order valence-electron chi connectivity index (χ3n) is 5.36. The van der Waals surface area contributed by atoms with E-state index in [1.54, 1.807) is 0 Å². The Morgan fingerprint density at radius 3 is 2.65 bits per heavy atom. The Labute approximate surface area is 159 Å². The zero-order valence-electron chi connectivity index (χ0n) is 17.4. The van der Waals surface area contributed by atoms with Gasteiger partial charge in [0.15, 0.2) is 5.96 Å². The molecule has 5 heteroatoms. The summed E-state index contributed by atoms with van der Waals surface area (Å²) in [5, 5.41) is 7.09. The summed E-state index contributed by atoms with van der Waals surface area (Å²) in [7, 11) is 4.00. The van der Waals surface area contributed by atoms with Crippen molar-refractivity contribution in [2.24, 2.45) is 10.9 Å². The molecule has 5 nitrogen and oxygen atoms in total. The molecule has 2 unspecified atom stereocenters. The summed E-state index contributed by atoms with van der Waals surface area (Å²) < 4.78 is 0. The van der Waals surface area contributed by atoms with Gasteiger partial charge in [-0.1, -0.05) is 38.1 Å². The summed E-state index contributed by atoms with van der Waals surface area (Å²) in [5.74, 6) is 1.52. The van der Waals surface area contributed by atoms with E-state index < -0.39 is 0 Å². The molecule has 2 N–H and O–H groups in total. The number of likely N-dealkylation sites (tertiary alicyclic amines) is 1. The highest BCUT2D eigenvalue weighted by atomic mass is 15.3. The molecule has 2 rings (SSSR count). The third-order valence-corrected chi connectivity index (χ3v) is 5.36. The van der Waals surface area contributed by atoms with Gasteiger partial charge in [0.25, 0.3) is 0 Å². The molecule has 1 aliphatic rings. The van der Waals surface area contributed by atoms with E-state index in [0.29, 0.717) is 18.0 Å². The maximum absolute atomic E-state index is 4.42. The van der Waals surface area contributed by atoms with E-state index in [4.69, 9.17) is 0 Å². The molecule has 0 aromatic heterocycles. The zero-order chi connectivity index (χ0) is 19.1. The van der Waals surface area contributed by atoms with Gasteiger partial charge in [-0.25, -0.2) is 0 Å². The van der Waals surface area contributed by atoms with Gasteiger partial charge in [-0.05, 0) is 44.5 Å². The van der Waals surface area contributed by atoms with Gasteiger partial charge in [-0.2, -0.15) is 0 Å². The normalized spacial score (nSPS) is 21.6. The van der Waals surface area contributed by atoms with Crippen LogP contribution in [0.15, 0.2) is 29.3 Å². The van der Waals surface area contributed by atoms with Crippen LogP contribution >= 0.6 is 0 Å².